The van der Waals surface area contributed by atoms with Crippen molar-refractivity contribution in [2.24, 2.45) is 7.05 Å². The third-order valence-electron chi connectivity index (χ3n) is 6.51. The predicted octanol–water partition coefficient (Wildman–Crippen LogP) is 5.05. The molecule has 8 nitrogen and oxygen atoms in total. The number of nitrogens with zero attached hydrogens (tertiary/aromatic N) is 5. The van der Waals surface area contributed by atoms with Crippen LogP contribution in [0.5, 0.6) is 0 Å². The Morgan fingerprint density at radius 3 is 2.30 bits per heavy atom. The summed E-state index contributed by atoms with van der Waals surface area (Å²) >= 11 is 7.99. The van der Waals surface area contributed by atoms with Crippen molar-refractivity contribution in [3.8, 4) is 5.69 Å². The molecule has 0 bridgehead atoms. The summed E-state index contributed by atoms with van der Waals surface area (Å²) in [6.07, 6.45) is 3.18. The minimum absolute atomic E-state index is 0.185. The van der Waals surface area contributed by atoms with E-state index >= 15 is 0 Å². The summed E-state index contributed by atoms with van der Waals surface area (Å²) in [6, 6.07) is 24.1. The molecule has 0 saturated carbocycles. The minimum Gasteiger partial charge on any atom is -0.283 e. The van der Waals surface area contributed by atoms with Crippen molar-refractivity contribution in [3.63, 3.8) is 0 Å². The molecule has 4 heterocycles. The number of amides is 1. The average Bonchev–Trinajstić information content (AvgIpc) is 3.36. The monoisotopic (exact) mass is 583 g/mol. The summed E-state index contributed by atoms with van der Waals surface area (Å²) < 4.78 is 4.86. The average molecular weight is 584 g/mol. The second-order valence-corrected chi connectivity index (χ2v) is 11.6. The van der Waals surface area contributed by atoms with Crippen molar-refractivity contribution >= 4 is 63.4 Å². The van der Waals surface area contributed by atoms with E-state index in [2.05, 4.69) is 0 Å². The van der Waals surface area contributed by atoms with Crippen LogP contribution in [0.15, 0.2) is 109 Å². The number of thiocarbonyl (C=S) groups is 1. The Hall–Kier alpha value is -4.19. The van der Waals surface area contributed by atoms with Crippen molar-refractivity contribution in [2.45, 2.75) is 16.8 Å². The molecule has 3 aromatic heterocycles. The van der Waals surface area contributed by atoms with Gasteiger partial charge in [0, 0.05) is 18.1 Å². The number of fused-ring (bicyclic) bond motifs is 1. The van der Waals surface area contributed by atoms with Crippen LogP contribution < -0.4 is 16.0 Å². The molecule has 198 valence electrons. The number of thioether (sulfide) groups is 1. The molecule has 1 amide bonds. The van der Waals surface area contributed by atoms with Crippen LogP contribution in [-0.2, 0) is 11.8 Å². The molecule has 0 radical (unpaired) electrons. The Morgan fingerprint density at radius 2 is 1.57 bits per heavy atom. The van der Waals surface area contributed by atoms with Crippen LogP contribution in [0.25, 0.3) is 17.4 Å². The molecular formula is C29H21N5O3S3. The molecule has 11 heteroatoms. The van der Waals surface area contributed by atoms with Gasteiger partial charge in [-0.15, -0.1) is 0 Å². The lowest BCUT2D eigenvalue weighted by Crippen LogP contribution is -2.33. The molecule has 1 saturated heterocycles. The van der Waals surface area contributed by atoms with Gasteiger partial charge in [-0.3, -0.25) is 28.4 Å². The highest BCUT2D eigenvalue weighted by Gasteiger charge is 2.38. The van der Waals surface area contributed by atoms with E-state index in [9.17, 15) is 14.4 Å². The van der Waals surface area contributed by atoms with Crippen LogP contribution in [0, 0.1) is 6.92 Å². The van der Waals surface area contributed by atoms with E-state index in [4.69, 9.17) is 17.2 Å². The normalized spacial score (nSPS) is 14.6. The number of carbonyl (C=O) groups excluding carboxylic acids is 1. The van der Waals surface area contributed by atoms with Gasteiger partial charge in [0.15, 0.2) is 4.32 Å². The largest absolute Gasteiger partial charge is 0.296 e. The van der Waals surface area contributed by atoms with Gasteiger partial charge in [0.25, 0.3) is 17.0 Å². The first-order valence-electron chi connectivity index (χ1n) is 12.2. The van der Waals surface area contributed by atoms with Gasteiger partial charge in [-0.05, 0) is 49.4 Å². The number of carbonyl (C=O) groups is 1. The molecule has 1 fully saturated rings. The fourth-order valence-corrected chi connectivity index (χ4v) is 6.65. The SMILES string of the molecule is Cc1c(N2C(=O)C(=Cc3c(Sc4ccccc4)nc4ccccn4c3=O)SC2=S)c(=O)n(-c2ccccc2)n1C. The van der Waals surface area contributed by atoms with Gasteiger partial charge >= 0.3 is 0 Å². The zero-order valence-electron chi connectivity index (χ0n) is 21.3. The summed E-state index contributed by atoms with van der Waals surface area (Å²) in [5.74, 6) is -0.464. The second kappa shape index (κ2) is 10.4. The Bertz CT molecular complexity index is 1960. The Kier molecular flexibility index (Phi) is 6.78. The summed E-state index contributed by atoms with van der Waals surface area (Å²) in [6.45, 7) is 1.77. The van der Waals surface area contributed by atoms with Gasteiger partial charge < -0.3 is 0 Å². The molecule has 1 aliphatic rings. The number of rotatable bonds is 5. The maximum Gasteiger partial charge on any atom is 0.296 e. The number of benzene rings is 2. The van der Waals surface area contributed by atoms with Crippen LogP contribution >= 0.6 is 35.7 Å². The lowest BCUT2D eigenvalue weighted by molar-refractivity contribution is -0.113. The molecule has 0 aliphatic carbocycles. The van der Waals surface area contributed by atoms with Crippen LogP contribution in [0.2, 0.25) is 0 Å². The lowest BCUT2D eigenvalue weighted by atomic mass is 10.2. The fraction of sp³-hybridized carbons (Fsp3) is 0.0690. The first kappa shape index (κ1) is 26.1. The van der Waals surface area contributed by atoms with Crippen molar-refractivity contribution in [1.82, 2.24) is 18.7 Å². The second-order valence-electron chi connectivity index (χ2n) is 8.91. The zero-order valence-corrected chi connectivity index (χ0v) is 23.8. The van der Waals surface area contributed by atoms with Crippen LogP contribution in [0.1, 0.15) is 11.3 Å². The van der Waals surface area contributed by atoms with E-state index in [1.807, 2.05) is 66.7 Å². The van der Waals surface area contributed by atoms with Crippen LogP contribution in [-0.4, -0.2) is 29.0 Å². The van der Waals surface area contributed by atoms with E-state index in [0.29, 0.717) is 22.1 Å². The van der Waals surface area contributed by atoms with Crippen molar-refractivity contribution < 1.29 is 4.79 Å². The van der Waals surface area contributed by atoms with Crippen LogP contribution in [0.4, 0.5) is 5.69 Å². The van der Waals surface area contributed by atoms with Gasteiger partial charge in [0.1, 0.15) is 16.4 Å². The highest BCUT2D eigenvalue weighted by atomic mass is 32.2. The number of pyridine rings is 1. The van der Waals surface area contributed by atoms with E-state index in [1.165, 1.54) is 31.8 Å². The van der Waals surface area contributed by atoms with Crippen molar-refractivity contribution in [1.29, 1.82) is 0 Å². The van der Waals surface area contributed by atoms with Crippen LogP contribution in [0.3, 0.4) is 0 Å². The first-order valence-corrected chi connectivity index (χ1v) is 14.3. The Morgan fingerprint density at radius 1 is 0.900 bits per heavy atom. The van der Waals surface area contributed by atoms with Gasteiger partial charge in [-0.25, -0.2) is 9.67 Å². The number of hydrogen-bond acceptors (Lipinski definition) is 7. The maximum atomic E-state index is 13.8. The smallest absolute Gasteiger partial charge is 0.283 e. The van der Waals surface area contributed by atoms with Gasteiger partial charge in [-0.2, -0.15) is 0 Å². The van der Waals surface area contributed by atoms with Gasteiger partial charge in [0.05, 0.1) is 21.8 Å². The fourth-order valence-electron chi connectivity index (χ4n) is 4.49. The molecule has 0 spiro atoms. The molecule has 0 unspecified atom stereocenters. The molecule has 0 N–H and O–H groups in total. The van der Waals surface area contributed by atoms with Crippen molar-refractivity contribution in [3.05, 3.63) is 122 Å². The van der Waals surface area contributed by atoms with E-state index in [-0.39, 0.29) is 31.6 Å². The van der Waals surface area contributed by atoms with Gasteiger partial charge in [-0.1, -0.05) is 78.2 Å². The lowest BCUT2D eigenvalue weighted by Gasteiger charge is -2.12. The highest BCUT2D eigenvalue weighted by Crippen LogP contribution is 2.37. The quantitative estimate of drug-likeness (QED) is 0.163. The third kappa shape index (κ3) is 4.41. The maximum absolute atomic E-state index is 13.8. The minimum atomic E-state index is -0.464. The van der Waals surface area contributed by atoms with Gasteiger partial charge in [0.2, 0.25) is 0 Å². The molecule has 1 aliphatic heterocycles. The summed E-state index contributed by atoms with van der Waals surface area (Å²) in [5.41, 5.74) is 1.53. The molecule has 0 atom stereocenters. The number of para-hydroxylation sites is 1. The molecular weight excluding hydrogens is 563 g/mol. The Balaban J connectivity index is 1.46. The standard InChI is InChI=1S/C29H21N5O3S3/c1-18-24(28(37)34(31(18)2)19-11-5-3-6-12-19)33-27(36)22(40-29(33)38)17-21-25(39-20-13-7-4-8-14-20)30-23-15-9-10-16-32(23)26(21)35/h3-17H,1-2H3. The summed E-state index contributed by atoms with van der Waals surface area (Å²) in [4.78, 5) is 48.1. The van der Waals surface area contributed by atoms with E-state index in [0.717, 1.165) is 16.7 Å². The molecule has 5 aromatic rings. The van der Waals surface area contributed by atoms with Crippen molar-refractivity contribution in [2.75, 3.05) is 4.90 Å². The van der Waals surface area contributed by atoms with E-state index in [1.54, 1.807) is 37.0 Å². The summed E-state index contributed by atoms with van der Waals surface area (Å²) in [5, 5.41) is 0.468. The molecule has 2 aromatic carbocycles. The number of anilines is 1. The third-order valence-corrected chi connectivity index (χ3v) is 8.82. The number of aromatic nitrogens is 4. The zero-order chi connectivity index (χ0) is 28.0. The molecule has 40 heavy (non-hydrogen) atoms. The topological polar surface area (TPSA) is 81.6 Å². The Labute approximate surface area is 242 Å². The molecule has 6 rings (SSSR count). The first-order chi connectivity index (χ1) is 19.3. The highest BCUT2D eigenvalue weighted by molar-refractivity contribution is 8.27. The predicted molar refractivity (Wildman–Crippen MR) is 163 cm³/mol. The van der Waals surface area contributed by atoms with E-state index < -0.39 is 5.91 Å². The number of hydrogen-bond donors (Lipinski definition) is 0. The summed E-state index contributed by atoms with van der Waals surface area (Å²) in [7, 11) is 1.76.